The summed E-state index contributed by atoms with van der Waals surface area (Å²) < 4.78 is 13.8. The number of carbonyl (C=O) groups is 3. The summed E-state index contributed by atoms with van der Waals surface area (Å²) in [6, 6.07) is 0. The SMILES string of the molecule is CC(=O)OC(C)(C)C.CC(=O)OC(C)C.CCOC(C)=O. The fourth-order valence-electron chi connectivity index (χ4n) is 0.966. The lowest BCUT2D eigenvalue weighted by atomic mass is 10.2. The van der Waals surface area contributed by atoms with Gasteiger partial charge in [0, 0.05) is 20.8 Å². The van der Waals surface area contributed by atoms with Gasteiger partial charge in [-0.05, 0) is 41.5 Å². The van der Waals surface area contributed by atoms with Crippen LogP contribution in [0, 0.1) is 0 Å². The molecule has 21 heavy (non-hydrogen) atoms. The number of carbonyl (C=O) groups excluding carboxylic acids is 3. The van der Waals surface area contributed by atoms with Crippen LogP contribution in [0.15, 0.2) is 0 Å². The molecule has 0 aromatic rings. The van der Waals surface area contributed by atoms with Crippen LogP contribution < -0.4 is 0 Å². The molecular formula is C15H30O6. The molecule has 0 aromatic carbocycles. The Kier molecular flexibility index (Phi) is 15.6. The lowest BCUT2D eigenvalue weighted by Crippen LogP contribution is -2.21. The van der Waals surface area contributed by atoms with Crippen LogP contribution in [-0.2, 0) is 28.6 Å². The van der Waals surface area contributed by atoms with Crippen molar-refractivity contribution in [3.63, 3.8) is 0 Å². The highest BCUT2D eigenvalue weighted by molar-refractivity contribution is 5.66. The molecule has 0 unspecified atom stereocenters. The van der Waals surface area contributed by atoms with E-state index >= 15 is 0 Å². The zero-order chi connectivity index (χ0) is 17.6. The normalized spacial score (nSPS) is 9.43. The summed E-state index contributed by atoms with van der Waals surface area (Å²) >= 11 is 0. The molecule has 0 atom stereocenters. The standard InChI is InChI=1S/C6H12O2.C5H10O2.C4H8O2/c1-5(7)8-6(2,3)4;1-4(2)7-5(3)6;1-3-6-4(2)5/h1-4H3;4H,1-3H3;3H2,1-2H3. The van der Waals surface area contributed by atoms with Crippen LogP contribution in [0.4, 0.5) is 0 Å². The number of ether oxygens (including phenoxy) is 3. The Labute approximate surface area is 128 Å². The Hall–Kier alpha value is -1.59. The molecule has 0 fully saturated rings. The van der Waals surface area contributed by atoms with Gasteiger partial charge in [0.15, 0.2) is 0 Å². The summed E-state index contributed by atoms with van der Waals surface area (Å²) in [6.07, 6.45) is 0.0255. The van der Waals surface area contributed by atoms with E-state index in [1.54, 1.807) is 6.92 Å². The van der Waals surface area contributed by atoms with Gasteiger partial charge in [-0.3, -0.25) is 14.4 Å². The smallest absolute Gasteiger partial charge is 0.303 e. The van der Waals surface area contributed by atoms with Crippen molar-refractivity contribution in [1.82, 2.24) is 0 Å². The topological polar surface area (TPSA) is 78.9 Å². The van der Waals surface area contributed by atoms with Gasteiger partial charge >= 0.3 is 17.9 Å². The molecule has 6 nitrogen and oxygen atoms in total. The highest BCUT2D eigenvalue weighted by Crippen LogP contribution is 2.05. The maximum Gasteiger partial charge on any atom is 0.303 e. The van der Waals surface area contributed by atoms with Crippen LogP contribution in [0.3, 0.4) is 0 Å². The van der Waals surface area contributed by atoms with Crippen molar-refractivity contribution in [2.75, 3.05) is 6.61 Å². The Balaban J connectivity index is -0.000000234. The Morgan fingerprint density at radius 3 is 1.33 bits per heavy atom. The number of hydrogen-bond acceptors (Lipinski definition) is 6. The zero-order valence-corrected chi connectivity index (χ0v) is 14.7. The summed E-state index contributed by atoms with van der Waals surface area (Å²) in [7, 11) is 0. The second kappa shape index (κ2) is 13.4. The Morgan fingerprint density at radius 2 is 1.33 bits per heavy atom. The molecule has 0 saturated carbocycles. The molecule has 0 rings (SSSR count). The van der Waals surface area contributed by atoms with E-state index < -0.39 is 0 Å². The van der Waals surface area contributed by atoms with Gasteiger partial charge < -0.3 is 14.2 Å². The van der Waals surface area contributed by atoms with E-state index in [1.807, 2.05) is 34.6 Å². The van der Waals surface area contributed by atoms with Gasteiger partial charge in [-0.2, -0.15) is 0 Å². The van der Waals surface area contributed by atoms with Crippen molar-refractivity contribution in [2.45, 2.75) is 74.0 Å². The van der Waals surface area contributed by atoms with Gasteiger partial charge in [0.1, 0.15) is 5.60 Å². The van der Waals surface area contributed by atoms with Crippen molar-refractivity contribution in [2.24, 2.45) is 0 Å². The van der Waals surface area contributed by atoms with E-state index in [0.29, 0.717) is 6.61 Å². The molecule has 0 aromatic heterocycles. The molecule has 126 valence electrons. The highest BCUT2D eigenvalue weighted by Gasteiger charge is 2.11. The monoisotopic (exact) mass is 306 g/mol. The first-order chi connectivity index (χ1) is 9.31. The molecule has 0 spiro atoms. The zero-order valence-electron chi connectivity index (χ0n) is 14.7. The predicted octanol–water partition coefficient (Wildman–Crippen LogP) is 2.88. The minimum absolute atomic E-state index is 0.0255. The van der Waals surface area contributed by atoms with E-state index in [0.717, 1.165) is 0 Å². The Bertz CT molecular complexity index is 302. The molecule has 0 N–H and O–H groups in total. The second-order valence-corrected chi connectivity index (χ2v) is 5.29. The highest BCUT2D eigenvalue weighted by atomic mass is 16.6. The molecule has 0 bridgehead atoms. The van der Waals surface area contributed by atoms with Crippen molar-refractivity contribution in [3.05, 3.63) is 0 Å². The van der Waals surface area contributed by atoms with Crippen molar-refractivity contribution < 1.29 is 28.6 Å². The minimum Gasteiger partial charge on any atom is -0.466 e. The molecule has 0 radical (unpaired) electrons. The lowest BCUT2D eigenvalue weighted by Gasteiger charge is -2.17. The summed E-state index contributed by atoms with van der Waals surface area (Å²) in [5.41, 5.74) is -0.328. The van der Waals surface area contributed by atoms with Crippen molar-refractivity contribution in [3.8, 4) is 0 Å². The van der Waals surface area contributed by atoms with Crippen molar-refractivity contribution >= 4 is 17.9 Å². The van der Waals surface area contributed by atoms with E-state index in [9.17, 15) is 14.4 Å². The lowest BCUT2D eigenvalue weighted by molar-refractivity contribution is -0.152. The first kappa shape index (κ1) is 24.4. The summed E-state index contributed by atoms with van der Waals surface area (Å²) in [5.74, 6) is -0.648. The fourth-order valence-corrected chi connectivity index (χ4v) is 0.966. The average molecular weight is 306 g/mol. The molecular weight excluding hydrogens is 276 g/mol. The number of esters is 3. The van der Waals surface area contributed by atoms with E-state index in [4.69, 9.17) is 4.74 Å². The van der Waals surface area contributed by atoms with Crippen LogP contribution in [0.2, 0.25) is 0 Å². The van der Waals surface area contributed by atoms with Crippen LogP contribution >= 0.6 is 0 Å². The van der Waals surface area contributed by atoms with Gasteiger partial charge in [0.25, 0.3) is 0 Å². The third kappa shape index (κ3) is 45.7. The van der Waals surface area contributed by atoms with Gasteiger partial charge in [-0.25, -0.2) is 0 Å². The molecule has 6 heteroatoms. The van der Waals surface area contributed by atoms with Gasteiger partial charge in [-0.1, -0.05) is 0 Å². The first-order valence-electron chi connectivity index (χ1n) is 6.82. The first-order valence-corrected chi connectivity index (χ1v) is 6.82. The summed E-state index contributed by atoms with van der Waals surface area (Å²) in [4.78, 5) is 30.1. The fraction of sp³-hybridized carbons (Fsp3) is 0.800. The number of rotatable bonds is 2. The average Bonchev–Trinajstić information content (AvgIpc) is 2.11. The van der Waals surface area contributed by atoms with E-state index in [-0.39, 0.29) is 29.6 Å². The molecule has 0 heterocycles. The summed E-state index contributed by atoms with van der Waals surface area (Å²) in [6.45, 7) is 15.6. The van der Waals surface area contributed by atoms with Gasteiger partial charge in [0.05, 0.1) is 12.7 Å². The largest absolute Gasteiger partial charge is 0.466 e. The van der Waals surface area contributed by atoms with Crippen LogP contribution in [0.25, 0.3) is 0 Å². The molecule has 0 aliphatic heterocycles. The van der Waals surface area contributed by atoms with E-state index in [1.165, 1.54) is 20.8 Å². The molecule has 0 saturated heterocycles. The van der Waals surface area contributed by atoms with E-state index in [2.05, 4.69) is 9.47 Å². The predicted molar refractivity (Wildman–Crippen MR) is 80.7 cm³/mol. The van der Waals surface area contributed by atoms with Gasteiger partial charge in [0.2, 0.25) is 0 Å². The Morgan fingerprint density at radius 1 is 0.905 bits per heavy atom. The van der Waals surface area contributed by atoms with Crippen LogP contribution in [0.5, 0.6) is 0 Å². The minimum atomic E-state index is -0.328. The summed E-state index contributed by atoms with van der Waals surface area (Å²) in [5, 5.41) is 0. The molecule has 0 aliphatic carbocycles. The number of hydrogen-bond donors (Lipinski definition) is 0. The quantitative estimate of drug-likeness (QED) is 0.576. The molecule has 0 aliphatic rings. The van der Waals surface area contributed by atoms with Crippen molar-refractivity contribution in [1.29, 1.82) is 0 Å². The van der Waals surface area contributed by atoms with Crippen LogP contribution in [-0.4, -0.2) is 36.2 Å². The third-order valence-corrected chi connectivity index (χ3v) is 1.20. The molecule has 0 amide bonds. The third-order valence-electron chi connectivity index (χ3n) is 1.20. The maximum atomic E-state index is 10.2. The van der Waals surface area contributed by atoms with Gasteiger partial charge in [-0.15, -0.1) is 0 Å². The maximum absolute atomic E-state index is 10.2. The second-order valence-electron chi connectivity index (χ2n) is 5.29. The van der Waals surface area contributed by atoms with Crippen LogP contribution in [0.1, 0.15) is 62.3 Å².